The number of carbonyl (C=O) groups excluding carboxylic acids is 1. The Morgan fingerprint density at radius 1 is 1.08 bits per heavy atom. The second kappa shape index (κ2) is 5.82. The summed E-state index contributed by atoms with van der Waals surface area (Å²) in [6.07, 6.45) is 2.75. The predicted octanol–water partition coefficient (Wildman–Crippen LogP) is 3.87. The van der Waals surface area contributed by atoms with Crippen molar-refractivity contribution < 1.29 is 4.79 Å². The number of rotatable bonds is 5. The van der Waals surface area contributed by atoms with Crippen LogP contribution >= 0.6 is 0 Å². The van der Waals surface area contributed by atoms with E-state index in [9.17, 15) is 4.79 Å². The van der Waals surface area contributed by atoms with Gasteiger partial charge in [-0.2, -0.15) is 0 Å². The average Bonchev–Trinajstić information content (AvgIpc) is 3.32. The Morgan fingerprint density at radius 3 is 2.54 bits per heavy atom. The van der Waals surface area contributed by atoms with E-state index in [0.29, 0.717) is 6.54 Å². The van der Waals surface area contributed by atoms with Gasteiger partial charge >= 0.3 is 0 Å². The molecule has 3 heteroatoms. The maximum Gasteiger partial charge on any atom is 0.230 e. The summed E-state index contributed by atoms with van der Waals surface area (Å²) in [7, 11) is 0. The van der Waals surface area contributed by atoms with E-state index in [0.717, 1.165) is 30.5 Å². The van der Waals surface area contributed by atoms with Gasteiger partial charge in [-0.3, -0.25) is 4.79 Å². The fraction of sp³-hybridized carbons (Fsp3) is 0.286. The molecule has 1 aromatic heterocycles. The van der Waals surface area contributed by atoms with Crippen LogP contribution < -0.4 is 5.32 Å². The van der Waals surface area contributed by atoms with Crippen LogP contribution in [0.4, 0.5) is 0 Å². The van der Waals surface area contributed by atoms with Crippen molar-refractivity contribution in [1.82, 2.24) is 10.3 Å². The fourth-order valence-electron chi connectivity index (χ4n) is 3.74. The van der Waals surface area contributed by atoms with Gasteiger partial charge in [0, 0.05) is 23.1 Å². The summed E-state index contributed by atoms with van der Waals surface area (Å²) in [6, 6.07) is 18.6. The number of H-pyrrole nitrogens is 1. The van der Waals surface area contributed by atoms with Crippen molar-refractivity contribution in [1.29, 1.82) is 0 Å². The molecule has 122 valence electrons. The molecule has 1 aliphatic carbocycles. The van der Waals surface area contributed by atoms with Crippen molar-refractivity contribution >= 4 is 16.8 Å². The number of para-hydroxylation sites is 1. The molecule has 1 saturated carbocycles. The first-order valence-electron chi connectivity index (χ1n) is 8.61. The van der Waals surface area contributed by atoms with Gasteiger partial charge in [0.2, 0.25) is 5.91 Å². The van der Waals surface area contributed by atoms with Crippen LogP contribution in [0, 0.1) is 6.92 Å². The van der Waals surface area contributed by atoms with Crippen molar-refractivity contribution in [3.63, 3.8) is 0 Å². The second-order valence-electron chi connectivity index (χ2n) is 6.74. The monoisotopic (exact) mass is 318 g/mol. The summed E-state index contributed by atoms with van der Waals surface area (Å²) in [4.78, 5) is 16.3. The number of benzene rings is 2. The maximum absolute atomic E-state index is 12.9. The molecule has 3 nitrogen and oxygen atoms in total. The predicted molar refractivity (Wildman–Crippen MR) is 97.1 cm³/mol. The van der Waals surface area contributed by atoms with E-state index in [1.54, 1.807) is 0 Å². The van der Waals surface area contributed by atoms with Gasteiger partial charge in [0.25, 0.3) is 0 Å². The Bertz CT molecular complexity index is 875. The number of hydrogen-bond acceptors (Lipinski definition) is 1. The minimum atomic E-state index is -0.333. The lowest BCUT2D eigenvalue weighted by Crippen LogP contribution is -2.36. The molecule has 4 rings (SSSR count). The highest BCUT2D eigenvalue weighted by Crippen LogP contribution is 2.51. The van der Waals surface area contributed by atoms with Crippen molar-refractivity contribution in [2.45, 2.75) is 31.6 Å². The summed E-state index contributed by atoms with van der Waals surface area (Å²) in [6.45, 7) is 2.76. The molecular formula is C21H22N2O. The third kappa shape index (κ3) is 2.50. The molecule has 0 bridgehead atoms. The highest BCUT2D eigenvalue weighted by molar-refractivity contribution is 5.98. The zero-order valence-electron chi connectivity index (χ0n) is 13.9. The molecule has 2 N–H and O–H groups in total. The van der Waals surface area contributed by atoms with Gasteiger partial charge in [-0.05, 0) is 43.4 Å². The van der Waals surface area contributed by atoms with E-state index in [4.69, 9.17) is 0 Å². The Balaban J connectivity index is 1.52. The number of nitrogens with one attached hydrogen (secondary N) is 2. The van der Waals surface area contributed by atoms with Crippen LogP contribution in [-0.2, 0) is 16.6 Å². The molecule has 0 radical (unpaired) electrons. The Kier molecular flexibility index (Phi) is 3.64. The average molecular weight is 318 g/mol. The number of fused-ring (bicyclic) bond motifs is 1. The standard InChI is InChI=1S/C21H22N2O/c1-15-19(17-9-5-6-10-18(17)23-15)21(12-13-21)20(24)22-14-11-16-7-3-2-4-8-16/h2-10,23H,11-14H2,1H3,(H,22,24). The molecule has 1 fully saturated rings. The van der Waals surface area contributed by atoms with E-state index in [-0.39, 0.29) is 11.3 Å². The first-order chi connectivity index (χ1) is 11.7. The zero-order valence-corrected chi connectivity index (χ0v) is 13.9. The molecule has 0 atom stereocenters. The van der Waals surface area contributed by atoms with Gasteiger partial charge in [0.05, 0.1) is 5.41 Å². The fourth-order valence-corrected chi connectivity index (χ4v) is 3.74. The number of aromatic nitrogens is 1. The molecule has 0 aliphatic heterocycles. The number of aryl methyl sites for hydroxylation is 1. The van der Waals surface area contributed by atoms with E-state index in [1.807, 2.05) is 30.3 Å². The summed E-state index contributed by atoms with van der Waals surface area (Å²) in [5, 5.41) is 4.35. The van der Waals surface area contributed by atoms with Crippen molar-refractivity contribution in [2.75, 3.05) is 6.54 Å². The number of amides is 1. The molecule has 1 aliphatic rings. The molecule has 1 amide bonds. The SMILES string of the molecule is Cc1[nH]c2ccccc2c1C1(C(=O)NCCc2ccccc2)CC1. The smallest absolute Gasteiger partial charge is 0.230 e. The second-order valence-corrected chi connectivity index (χ2v) is 6.74. The minimum Gasteiger partial charge on any atom is -0.358 e. The van der Waals surface area contributed by atoms with Crippen LogP contribution in [0.3, 0.4) is 0 Å². The lowest BCUT2D eigenvalue weighted by molar-refractivity contribution is -0.123. The number of aromatic amines is 1. The van der Waals surface area contributed by atoms with E-state index >= 15 is 0 Å². The molecule has 0 saturated heterocycles. The van der Waals surface area contributed by atoms with Gasteiger partial charge in [0.15, 0.2) is 0 Å². The quantitative estimate of drug-likeness (QED) is 0.737. The van der Waals surface area contributed by atoms with Crippen LogP contribution in [-0.4, -0.2) is 17.4 Å². The van der Waals surface area contributed by atoms with Crippen molar-refractivity contribution in [3.05, 3.63) is 71.4 Å². The third-order valence-corrected chi connectivity index (χ3v) is 5.10. The molecule has 2 aromatic carbocycles. The van der Waals surface area contributed by atoms with Gasteiger partial charge < -0.3 is 10.3 Å². The molecule has 3 aromatic rings. The Labute approximate surface area is 142 Å². The minimum absolute atomic E-state index is 0.172. The van der Waals surface area contributed by atoms with Crippen LogP contribution in [0.5, 0.6) is 0 Å². The molecule has 0 spiro atoms. The lowest BCUT2D eigenvalue weighted by Gasteiger charge is -2.16. The normalized spacial score (nSPS) is 15.4. The summed E-state index contributed by atoms with van der Waals surface area (Å²) < 4.78 is 0. The summed E-state index contributed by atoms with van der Waals surface area (Å²) in [5.74, 6) is 0.172. The van der Waals surface area contributed by atoms with Crippen LogP contribution in [0.1, 0.15) is 29.7 Å². The van der Waals surface area contributed by atoms with Crippen LogP contribution in [0.15, 0.2) is 54.6 Å². The van der Waals surface area contributed by atoms with Crippen LogP contribution in [0.25, 0.3) is 10.9 Å². The van der Waals surface area contributed by atoms with Crippen LogP contribution in [0.2, 0.25) is 0 Å². The van der Waals surface area contributed by atoms with Crippen molar-refractivity contribution in [2.24, 2.45) is 0 Å². The van der Waals surface area contributed by atoms with Crippen molar-refractivity contribution in [3.8, 4) is 0 Å². The summed E-state index contributed by atoms with van der Waals surface area (Å²) >= 11 is 0. The molecule has 0 unspecified atom stereocenters. The topological polar surface area (TPSA) is 44.9 Å². The van der Waals surface area contributed by atoms with E-state index in [1.165, 1.54) is 16.5 Å². The Hall–Kier alpha value is -2.55. The Morgan fingerprint density at radius 2 is 1.79 bits per heavy atom. The van der Waals surface area contributed by atoms with E-state index in [2.05, 4.69) is 41.5 Å². The first-order valence-corrected chi connectivity index (χ1v) is 8.61. The summed E-state index contributed by atoms with van der Waals surface area (Å²) in [5.41, 5.74) is 4.35. The third-order valence-electron chi connectivity index (χ3n) is 5.10. The number of carbonyl (C=O) groups is 1. The van der Waals surface area contributed by atoms with Gasteiger partial charge in [-0.25, -0.2) is 0 Å². The number of hydrogen-bond donors (Lipinski definition) is 2. The highest BCUT2D eigenvalue weighted by atomic mass is 16.2. The maximum atomic E-state index is 12.9. The molecule has 1 heterocycles. The largest absolute Gasteiger partial charge is 0.358 e. The molecule has 24 heavy (non-hydrogen) atoms. The lowest BCUT2D eigenvalue weighted by atomic mass is 9.92. The molecular weight excluding hydrogens is 296 g/mol. The first kappa shape index (κ1) is 15.0. The highest BCUT2D eigenvalue weighted by Gasteiger charge is 2.53. The van der Waals surface area contributed by atoms with E-state index < -0.39 is 0 Å². The zero-order chi connectivity index (χ0) is 16.6. The van der Waals surface area contributed by atoms with Gasteiger partial charge in [-0.15, -0.1) is 0 Å². The van der Waals surface area contributed by atoms with Gasteiger partial charge in [0.1, 0.15) is 0 Å². The van der Waals surface area contributed by atoms with Gasteiger partial charge in [-0.1, -0.05) is 48.5 Å².